The lowest BCUT2D eigenvalue weighted by molar-refractivity contribution is 0.300. The van der Waals surface area contributed by atoms with Gasteiger partial charge in [0.15, 0.2) is 11.6 Å². The molecule has 5 nitrogen and oxygen atoms in total. The molecular weight excluding hydrogens is 240 g/mol. The molecule has 2 rings (SSSR count). The first-order chi connectivity index (χ1) is 9.24. The Bertz CT molecular complexity index is 402. The van der Waals surface area contributed by atoms with Crippen molar-refractivity contribution in [3.63, 3.8) is 0 Å². The second kappa shape index (κ2) is 6.59. The van der Waals surface area contributed by atoms with Gasteiger partial charge in [-0.15, -0.1) is 0 Å². The lowest BCUT2D eigenvalue weighted by atomic mass is 9.83. The average Bonchev–Trinajstić information content (AvgIpc) is 2.46. The van der Waals surface area contributed by atoms with Crippen LogP contribution in [-0.4, -0.2) is 30.7 Å². The predicted molar refractivity (Wildman–Crippen MR) is 77.7 cm³/mol. The highest BCUT2D eigenvalue weighted by molar-refractivity contribution is 5.63. The van der Waals surface area contributed by atoms with Crippen molar-refractivity contribution in [3.05, 3.63) is 6.33 Å². The van der Waals surface area contributed by atoms with Crippen LogP contribution in [0.4, 0.5) is 11.6 Å². The van der Waals surface area contributed by atoms with E-state index < -0.39 is 0 Å². The molecule has 0 saturated heterocycles. The number of aromatic nitrogens is 2. The van der Waals surface area contributed by atoms with E-state index in [2.05, 4.69) is 27.5 Å². The van der Waals surface area contributed by atoms with Gasteiger partial charge in [-0.25, -0.2) is 9.97 Å². The van der Waals surface area contributed by atoms with E-state index in [9.17, 15) is 0 Å². The quantitative estimate of drug-likeness (QED) is 0.856. The summed E-state index contributed by atoms with van der Waals surface area (Å²) in [5.41, 5.74) is 0. The first-order valence-electron chi connectivity index (χ1n) is 7.05. The van der Waals surface area contributed by atoms with Crippen molar-refractivity contribution < 1.29 is 4.74 Å². The fourth-order valence-corrected chi connectivity index (χ4v) is 2.65. The van der Waals surface area contributed by atoms with E-state index in [-0.39, 0.29) is 0 Å². The van der Waals surface area contributed by atoms with Crippen molar-refractivity contribution in [1.29, 1.82) is 0 Å². The van der Waals surface area contributed by atoms with Crippen molar-refractivity contribution in [2.75, 3.05) is 31.3 Å². The molecular formula is C14H24N4O. The SMILES string of the molecule is CNc1ncnc(NCC2CCC(C)CC2)c1OC. The highest BCUT2D eigenvalue weighted by Crippen LogP contribution is 2.31. The molecule has 0 radical (unpaired) electrons. The van der Waals surface area contributed by atoms with Crippen molar-refractivity contribution >= 4 is 11.6 Å². The van der Waals surface area contributed by atoms with Gasteiger partial charge in [-0.1, -0.05) is 19.8 Å². The number of hydrogen-bond acceptors (Lipinski definition) is 5. The molecule has 0 spiro atoms. The summed E-state index contributed by atoms with van der Waals surface area (Å²) in [4.78, 5) is 8.42. The largest absolute Gasteiger partial charge is 0.490 e. The number of nitrogens with zero attached hydrogens (tertiary/aromatic N) is 2. The molecule has 19 heavy (non-hydrogen) atoms. The predicted octanol–water partition coefficient (Wildman–Crippen LogP) is 2.77. The molecule has 5 heteroatoms. The first-order valence-corrected chi connectivity index (χ1v) is 7.05. The molecule has 0 aromatic carbocycles. The van der Waals surface area contributed by atoms with E-state index >= 15 is 0 Å². The Balaban J connectivity index is 1.95. The number of rotatable bonds is 5. The minimum Gasteiger partial charge on any atom is -0.490 e. The van der Waals surface area contributed by atoms with Gasteiger partial charge in [0, 0.05) is 13.6 Å². The number of methoxy groups -OCH3 is 1. The second-order valence-corrected chi connectivity index (χ2v) is 5.36. The molecule has 1 aliphatic rings. The van der Waals surface area contributed by atoms with Crippen molar-refractivity contribution in [3.8, 4) is 5.75 Å². The van der Waals surface area contributed by atoms with E-state index in [1.54, 1.807) is 13.4 Å². The Kier molecular flexibility index (Phi) is 4.82. The van der Waals surface area contributed by atoms with Crippen molar-refractivity contribution in [2.24, 2.45) is 11.8 Å². The normalized spacial score (nSPS) is 22.9. The lowest BCUT2D eigenvalue weighted by Gasteiger charge is -2.26. The Hall–Kier alpha value is -1.52. The molecule has 1 aromatic heterocycles. The Labute approximate surface area is 115 Å². The van der Waals surface area contributed by atoms with Gasteiger partial charge >= 0.3 is 0 Å². The van der Waals surface area contributed by atoms with Crippen LogP contribution in [0.5, 0.6) is 5.75 Å². The Morgan fingerprint density at radius 3 is 2.53 bits per heavy atom. The molecule has 1 fully saturated rings. The molecule has 0 bridgehead atoms. The minimum atomic E-state index is 0.689. The molecule has 1 heterocycles. The van der Waals surface area contributed by atoms with Gasteiger partial charge < -0.3 is 15.4 Å². The molecule has 0 unspecified atom stereocenters. The lowest BCUT2D eigenvalue weighted by Crippen LogP contribution is -2.21. The minimum absolute atomic E-state index is 0.689. The van der Waals surface area contributed by atoms with E-state index in [1.165, 1.54) is 25.7 Å². The number of anilines is 2. The summed E-state index contributed by atoms with van der Waals surface area (Å²) < 4.78 is 5.37. The van der Waals surface area contributed by atoms with Gasteiger partial charge in [-0.2, -0.15) is 0 Å². The Morgan fingerprint density at radius 2 is 1.89 bits per heavy atom. The molecule has 106 valence electrons. The third-order valence-corrected chi connectivity index (χ3v) is 3.94. The zero-order valence-corrected chi connectivity index (χ0v) is 12.1. The fourth-order valence-electron chi connectivity index (χ4n) is 2.65. The van der Waals surface area contributed by atoms with E-state index in [0.29, 0.717) is 5.75 Å². The summed E-state index contributed by atoms with van der Waals surface area (Å²) in [7, 11) is 3.48. The summed E-state index contributed by atoms with van der Waals surface area (Å²) in [5.74, 6) is 3.82. The van der Waals surface area contributed by atoms with Crippen LogP contribution in [0.25, 0.3) is 0 Å². The smallest absolute Gasteiger partial charge is 0.204 e. The van der Waals surface area contributed by atoms with Gasteiger partial charge in [-0.3, -0.25) is 0 Å². The molecule has 1 aromatic rings. The molecule has 1 saturated carbocycles. The van der Waals surface area contributed by atoms with Crippen LogP contribution in [0.2, 0.25) is 0 Å². The first kappa shape index (κ1) is 13.9. The third kappa shape index (κ3) is 3.49. The number of hydrogen-bond donors (Lipinski definition) is 2. The van der Waals surface area contributed by atoms with Crippen molar-refractivity contribution in [1.82, 2.24) is 9.97 Å². The summed E-state index contributed by atoms with van der Waals surface area (Å²) in [6.07, 6.45) is 6.85. The summed E-state index contributed by atoms with van der Waals surface area (Å²) in [6.45, 7) is 3.31. The van der Waals surface area contributed by atoms with Crippen LogP contribution in [0.15, 0.2) is 6.33 Å². The van der Waals surface area contributed by atoms with Crippen molar-refractivity contribution in [2.45, 2.75) is 32.6 Å². The van der Waals surface area contributed by atoms with Crippen LogP contribution < -0.4 is 15.4 Å². The molecule has 0 aliphatic heterocycles. The highest BCUT2D eigenvalue weighted by Gasteiger charge is 2.19. The maximum absolute atomic E-state index is 5.37. The average molecular weight is 264 g/mol. The Morgan fingerprint density at radius 1 is 1.21 bits per heavy atom. The summed E-state index contributed by atoms with van der Waals surface area (Å²) in [6, 6.07) is 0. The van der Waals surface area contributed by atoms with Gasteiger partial charge in [0.25, 0.3) is 0 Å². The summed E-state index contributed by atoms with van der Waals surface area (Å²) in [5, 5.41) is 6.42. The zero-order valence-electron chi connectivity index (χ0n) is 12.1. The maximum Gasteiger partial charge on any atom is 0.204 e. The van der Waals surface area contributed by atoms with Crippen LogP contribution in [0.3, 0.4) is 0 Å². The van der Waals surface area contributed by atoms with Crippen LogP contribution in [-0.2, 0) is 0 Å². The van der Waals surface area contributed by atoms with Crippen LogP contribution in [0.1, 0.15) is 32.6 Å². The van der Waals surface area contributed by atoms with Gasteiger partial charge in [0.1, 0.15) is 6.33 Å². The maximum atomic E-state index is 5.37. The molecule has 1 aliphatic carbocycles. The van der Waals surface area contributed by atoms with Crippen LogP contribution >= 0.6 is 0 Å². The second-order valence-electron chi connectivity index (χ2n) is 5.36. The molecule has 0 amide bonds. The monoisotopic (exact) mass is 264 g/mol. The standard InChI is InChI=1S/C14H24N4O/c1-10-4-6-11(7-5-10)8-16-14-12(19-3)13(15-2)17-9-18-14/h9-11H,4-8H2,1-3H3,(H2,15,16,17,18). The highest BCUT2D eigenvalue weighted by atomic mass is 16.5. The van der Waals surface area contributed by atoms with E-state index in [0.717, 1.165) is 30.0 Å². The molecule has 2 N–H and O–H groups in total. The number of nitrogens with one attached hydrogen (secondary N) is 2. The zero-order chi connectivity index (χ0) is 13.7. The van der Waals surface area contributed by atoms with E-state index in [1.807, 2.05) is 7.05 Å². The number of ether oxygens (including phenoxy) is 1. The van der Waals surface area contributed by atoms with Crippen LogP contribution in [0, 0.1) is 11.8 Å². The summed E-state index contributed by atoms with van der Waals surface area (Å²) >= 11 is 0. The molecule has 0 atom stereocenters. The van der Waals surface area contributed by atoms with Gasteiger partial charge in [-0.05, 0) is 24.7 Å². The topological polar surface area (TPSA) is 59.1 Å². The fraction of sp³-hybridized carbons (Fsp3) is 0.714. The third-order valence-electron chi connectivity index (χ3n) is 3.94. The van der Waals surface area contributed by atoms with E-state index in [4.69, 9.17) is 4.74 Å². The van der Waals surface area contributed by atoms with Gasteiger partial charge in [0.05, 0.1) is 7.11 Å². The van der Waals surface area contributed by atoms with Gasteiger partial charge in [0.2, 0.25) is 5.75 Å².